The number of hydrogen-bond acceptors (Lipinski definition) is 3. The number of hydrogen-bond donors (Lipinski definition) is 1. The molecule has 4 rings (SSSR count). The van der Waals surface area contributed by atoms with Gasteiger partial charge in [-0.05, 0) is 56.7 Å². The van der Waals surface area contributed by atoms with Gasteiger partial charge in [-0.25, -0.2) is 4.98 Å². The molecule has 1 aliphatic carbocycles. The van der Waals surface area contributed by atoms with Crippen LogP contribution in [-0.2, 0) is 10.2 Å². The Kier molecular flexibility index (Phi) is 5.29. The van der Waals surface area contributed by atoms with Gasteiger partial charge in [-0.3, -0.25) is 0 Å². The van der Waals surface area contributed by atoms with Gasteiger partial charge in [-0.2, -0.15) is 17.4 Å². The molecule has 0 unspecified atom stereocenters. The number of nitrogens with one attached hydrogen (secondary N) is 1. The van der Waals surface area contributed by atoms with Crippen LogP contribution in [0.1, 0.15) is 57.4 Å². The zero-order valence-electron chi connectivity index (χ0n) is 15.2. The molecule has 6 nitrogen and oxygen atoms in total. The van der Waals surface area contributed by atoms with Crippen molar-refractivity contribution in [2.75, 3.05) is 13.1 Å². The Morgan fingerprint density at radius 2 is 1.73 bits per heavy atom. The molecule has 3 heterocycles. The van der Waals surface area contributed by atoms with Crippen LogP contribution < -0.4 is 4.72 Å². The fraction of sp³-hybridized carbons (Fsp3) is 0.632. The van der Waals surface area contributed by atoms with Gasteiger partial charge in [0, 0.05) is 43.0 Å². The number of pyridine rings is 1. The van der Waals surface area contributed by atoms with Gasteiger partial charge in [0.15, 0.2) is 0 Å². The van der Waals surface area contributed by atoms with Crippen LogP contribution in [0.4, 0.5) is 0 Å². The maximum Gasteiger partial charge on any atom is 0.279 e. The molecule has 1 saturated carbocycles. The van der Waals surface area contributed by atoms with E-state index < -0.39 is 10.2 Å². The van der Waals surface area contributed by atoms with Gasteiger partial charge < -0.3 is 4.57 Å². The zero-order valence-corrected chi connectivity index (χ0v) is 16.0. The van der Waals surface area contributed by atoms with Crippen LogP contribution in [0.3, 0.4) is 0 Å². The smallest absolute Gasteiger partial charge is 0.279 e. The third kappa shape index (κ3) is 3.80. The Hall–Kier alpha value is -1.44. The van der Waals surface area contributed by atoms with Crippen LogP contribution >= 0.6 is 0 Å². The number of rotatable bonds is 4. The molecule has 0 aromatic carbocycles. The predicted molar refractivity (Wildman–Crippen MR) is 103 cm³/mol. The first-order valence-corrected chi connectivity index (χ1v) is 11.3. The molecule has 2 aliphatic rings. The van der Waals surface area contributed by atoms with Gasteiger partial charge in [0.25, 0.3) is 10.2 Å². The molecule has 26 heavy (non-hydrogen) atoms. The minimum absolute atomic E-state index is 0.0503. The van der Waals surface area contributed by atoms with Gasteiger partial charge in [0.05, 0.1) is 0 Å². The molecule has 7 heteroatoms. The molecule has 0 amide bonds. The Bertz CT molecular complexity index is 832. The summed E-state index contributed by atoms with van der Waals surface area (Å²) in [5, 5.41) is 1.16. The summed E-state index contributed by atoms with van der Waals surface area (Å²) in [7, 11) is -3.35. The van der Waals surface area contributed by atoms with Crippen molar-refractivity contribution in [2.45, 2.75) is 63.5 Å². The molecule has 0 radical (unpaired) electrons. The van der Waals surface area contributed by atoms with E-state index in [0.29, 0.717) is 19.1 Å². The van der Waals surface area contributed by atoms with Gasteiger partial charge in [0.1, 0.15) is 5.65 Å². The van der Waals surface area contributed by atoms with Crippen LogP contribution in [0.5, 0.6) is 0 Å². The molecule has 1 aliphatic heterocycles. The lowest BCUT2D eigenvalue weighted by Crippen LogP contribution is -2.46. The van der Waals surface area contributed by atoms with Crippen molar-refractivity contribution in [3.8, 4) is 0 Å². The number of fused-ring (bicyclic) bond motifs is 1. The minimum atomic E-state index is -3.35. The van der Waals surface area contributed by atoms with Crippen LogP contribution in [0, 0.1) is 0 Å². The van der Waals surface area contributed by atoms with Crippen LogP contribution in [0.15, 0.2) is 30.6 Å². The van der Waals surface area contributed by atoms with Crippen molar-refractivity contribution in [2.24, 2.45) is 0 Å². The highest BCUT2D eigenvalue weighted by Gasteiger charge is 2.29. The highest BCUT2D eigenvalue weighted by atomic mass is 32.2. The molecule has 0 bridgehead atoms. The third-order valence-electron chi connectivity index (χ3n) is 5.79. The summed E-state index contributed by atoms with van der Waals surface area (Å²) >= 11 is 0. The second kappa shape index (κ2) is 7.66. The van der Waals surface area contributed by atoms with Gasteiger partial charge in [0.2, 0.25) is 0 Å². The third-order valence-corrected chi connectivity index (χ3v) is 7.46. The Balaban J connectivity index is 1.37. The lowest BCUT2D eigenvalue weighted by atomic mass is 9.91. The van der Waals surface area contributed by atoms with E-state index in [2.05, 4.69) is 32.6 Å². The maximum absolute atomic E-state index is 12.7. The Morgan fingerprint density at radius 1 is 1.00 bits per heavy atom. The fourth-order valence-electron chi connectivity index (χ4n) is 4.32. The summed E-state index contributed by atoms with van der Waals surface area (Å²) in [6, 6.07) is 6.60. The standard InChI is InChI=1S/C19H28N4O2S/c24-26(25,22-13-3-1-2-4-14-22)21-17-7-9-18(10-8-17)23-15-11-16-6-5-12-20-19(16)23/h5-6,11-12,15,17-18,21H,1-4,7-10,13-14H2. The van der Waals surface area contributed by atoms with Crippen molar-refractivity contribution < 1.29 is 8.42 Å². The van der Waals surface area contributed by atoms with Crippen LogP contribution in [-0.4, -0.2) is 41.4 Å². The van der Waals surface area contributed by atoms with Gasteiger partial charge >= 0.3 is 0 Å². The summed E-state index contributed by atoms with van der Waals surface area (Å²) in [6.45, 7) is 1.32. The molecule has 142 valence electrons. The lowest BCUT2D eigenvalue weighted by Gasteiger charge is -2.31. The van der Waals surface area contributed by atoms with Crippen molar-refractivity contribution in [1.82, 2.24) is 18.6 Å². The Morgan fingerprint density at radius 3 is 2.46 bits per heavy atom. The summed E-state index contributed by atoms with van der Waals surface area (Å²) in [5.74, 6) is 0. The van der Waals surface area contributed by atoms with Crippen molar-refractivity contribution in [3.05, 3.63) is 30.6 Å². The highest BCUT2D eigenvalue weighted by molar-refractivity contribution is 7.87. The van der Waals surface area contributed by atoms with Gasteiger partial charge in [-0.15, -0.1) is 0 Å². The quantitative estimate of drug-likeness (QED) is 0.891. The van der Waals surface area contributed by atoms with E-state index in [1.165, 1.54) is 0 Å². The maximum atomic E-state index is 12.7. The van der Waals surface area contributed by atoms with E-state index in [-0.39, 0.29) is 6.04 Å². The molecule has 1 saturated heterocycles. The molecule has 2 fully saturated rings. The molecular weight excluding hydrogens is 348 g/mol. The van der Waals surface area contributed by atoms with E-state index in [1.807, 2.05) is 12.3 Å². The van der Waals surface area contributed by atoms with Crippen molar-refractivity contribution in [1.29, 1.82) is 0 Å². The number of aromatic nitrogens is 2. The topological polar surface area (TPSA) is 67.2 Å². The molecule has 1 N–H and O–H groups in total. The SMILES string of the molecule is O=S(=O)(NC1CCC(n2ccc3cccnc32)CC1)N1CCCCCC1. The summed E-state index contributed by atoms with van der Waals surface area (Å²) in [4.78, 5) is 4.51. The molecule has 0 atom stereocenters. The first kappa shape index (κ1) is 17.9. The molecule has 2 aromatic heterocycles. The summed E-state index contributed by atoms with van der Waals surface area (Å²) in [6.07, 6.45) is 11.9. The summed E-state index contributed by atoms with van der Waals surface area (Å²) < 4.78 is 32.3. The van der Waals surface area contributed by atoms with E-state index in [0.717, 1.165) is 62.4 Å². The zero-order chi connectivity index (χ0) is 18.0. The van der Waals surface area contributed by atoms with E-state index in [4.69, 9.17) is 0 Å². The fourth-order valence-corrected chi connectivity index (χ4v) is 5.87. The van der Waals surface area contributed by atoms with E-state index in [9.17, 15) is 8.42 Å². The predicted octanol–water partition coefficient (Wildman–Crippen LogP) is 3.23. The largest absolute Gasteiger partial charge is 0.329 e. The number of nitrogens with zero attached hydrogens (tertiary/aromatic N) is 3. The minimum Gasteiger partial charge on any atom is -0.329 e. The second-order valence-electron chi connectivity index (χ2n) is 7.58. The van der Waals surface area contributed by atoms with Crippen molar-refractivity contribution >= 4 is 21.2 Å². The monoisotopic (exact) mass is 376 g/mol. The lowest BCUT2D eigenvalue weighted by molar-refractivity contribution is 0.309. The highest BCUT2D eigenvalue weighted by Crippen LogP contribution is 2.31. The first-order valence-electron chi connectivity index (χ1n) is 9.82. The van der Waals surface area contributed by atoms with Crippen LogP contribution in [0.25, 0.3) is 11.0 Å². The molecule has 2 aromatic rings. The van der Waals surface area contributed by atoms with E-state index in [1.54, 1.807) is 4.31 Å². The van der Waals surface area contributed by atoms with Gasteiger partial charge in [-0.1, -0.05) is 12.8 Å². The molecule has 0 spiro atoms. The Labute approximate surface area is 155 Å². The molecular formula is C19H28N4O2S. The summed E-state index contributed by atoms with van der Waals surface area (Å²) in [5.41, 5.74) is 1.03. The van der Waals surface area contributed by atoms with E-state index >= 15 is 0 Å². The first-order chi connectivity index (χ1) is 12.6. The average molecular weight is 377 g/mol. The normalized spacial score (nSPS) is 26.0. The van der Waals surface area contributed by atoms with Crippen LogP contribution in [0.2, 0.25) is 0 Å². The average Bonchev–Trinajstić information content (AvgIpc) is 2.87. The van der Waals surface area contributed by atoms with Crippen molar-refractivity contribution in [3.63, 3.8) is 0 Å². The second-order valence-corrected chi connectivity index (χ2v) is 9.28.